The van der Waals surface area contributed by atoms with Crippen LogP contribution >= 0.6 is 0 Å². The van der Waals surface area contributed by atoms with Crippen LogP contribution in [0.1, 0.15) is 31.2 Å². The Hall–Kier alpha value is -2.81. The van der Waals surface area contributed by atoms with Gasteiger partial charge in [0, 0.05) is 31.5 Å². The monoisotopic (exact) mass is 357 g/mol. The van der Waals surface area contributed by atoms with Crippen LogP contribution in [-0.2, 0) is 6.54 Å². The minimum Gasteiger partial charge on any atom is -0.364 e. The molecule has 3 rings (SSSR count). The van der Waals surface area contributed by atoms with E-state index in [4.69, 9.17) is 5.73 Å². The molecular formula is C17H23N7O2. The number of rotatable bonds is 7. The van der Waals surface area contributed by atoms with Gasteiger partial charge >= 0.3 is 5.69 Å². The number of nitrogens with zero attached hydrogens (tertiary/aromatic N) is 4. The zero-order valence-corrected chi connectivity index (χ0v) is 14.5. The van der Waals surface area contributed by atoms with Gasteiger partial charge in [0.15, 0.2) is 0 Å². The summed E-state index contributed by atoms with van der Waals surface area (Å²) in [5.41, 5.74) is 6.83. The van der Waals surface area contributed by atoms with Crippen LogP contribution in [0.5, 0.6) is 0 Å². The molecule has 26 heavy (non-hydrogen) atoms. The smallest absolute Gasteiger partial charge is 0.329 e. The van der Waals surface area contributed by atoms with Gasteiger partial charge in [-0.1, -0.05) is 0 Å². The van der Waals surface area contributed by atoms with Crippen LogP contribution in [0.25, 0.3) is 0 Å². The Morgan fingerprint density at radius 3 is 2.62 bits per heavy atom. The SMILES string of the molecule is NC1CCC(CNc2nc(NCc3ccncc3)ncc2[N+](=O)[O-])CC1. The Kier molecular flexibility index (Phi) is 5.90. The predicted molar refractivity (Wildman–Crippen MR) is 98.7 cm³/mol. The van der Waals surface area contributed by atoms with Crippen LogP contribution in [0.3, 0.4) is 0 Å². The Labute approximate surface area is 151 Å². The van der Waals surface area contributed by atoms with Crippen molar-refractivity contribution in [2.45, 2.75) is 38.3 Å². The van der Waals surface area contributed by atoms with Crippen molar-refractivity contribution in [3.8, 4) is 0 Å². The van der Waals surface area contributed by atoms with Crippen molar-refractivity contribution in [3.63, 3.8) is 0 Å². The topological polar surface area (TPSA) is 132 Å². The zero-order chi connectivity index (χ0) is 18.4. The van der Waals surface area contributed by atoms with Gasteiger partial charge in [0.25, 0.3) is 0 Å². The van der Waals surface area contributed by atoms with Crippen LogP contribution in [0, 0.1) is 16.0 Å². The average Bonchev–Trinajstić information content (AvgIpc) is 2.66. The van der Waals surface area contributed by atoms with Crippen molar-refractivity contribution in [3.05, 3.63) is 46.4 Å². The third-order valence-corrected chi connectivity index (χ3v) is 4.62. The lowest BCUT2D eigenvalue weighted by molar-refractivity contribution is -0.384. The van der Waals surface area contributed by atoms with Crippen LogP contribution in [0.15, 0.2) is 30.7 Å². The van der Waals surface area contributed by atoms with Gasteiger partial charge in [0.1, 0.15) is 6.20 Å². The molecule has 1 aliphatic rings. The van der Waals surface area contributed by atoms with Crippen LogP contribution < -0.4 is 16.4 Å². The van der Waals surface area contributed by atoms with Gasteiger partial charge in [-0.05, 0) is 49.3 Å². The summed E-state index contributed by atoms with van der Waals surface area (Å²) in [5.74, 6) is 1.05. The number of hydrogen-bond acceptors (Lipinski definition) is 8. The van der Waals surface area contributed by atoms with Gasteiger partial charge in [-0.15, -0.1) is 0 Å². The van der Waals surface area contributed by atoms with E-state index in [1.807, 2.05) is 12.1 Å². The second-order valence-electron chi connectivity index (χ2n) is 6.56. The molecule has 0 amide bonds. The molecule has 0 bridgehead atoms. The molecule has 0 spiro atoms. The van der Waals surface area contributed by atoms with Gasteiger partial charge in [0.2, 0.25) is 11.8 Å². The summed E-state index contributed by atoms with van der Waals surface area (Å²) in [5, 5.41) is 17.5. The first kappa shape index (κ1) is 18.0. The Balaban J connectivity index is 1.65. The van der Waals surface area contributed by atoms with Crippen LogP contribution in [0.4, 0.5) is 17.5 Å². The molecule has 138 valence electrons. The van der Waals surface area contributed by atoms with E-state index in [9.17, 15) is 10.1 Å². The normalized spacial score (nSPS) is 19.7. The van der Waals surface area contributed by atoms with Crippen molar-refractivity contribution in [1.29, 1.82) is 0 Å². The lowest BCUT2D eigenvalue weighted by atomic mass is 9.86. The molecule has 2 aromatic rings. The fourth-order valence-corrected chi connectivity index (χ4v) is 3.04. The number of aromatic nitrogens is 3. The Bertz CT molecular complexity index is 733. The molecule has 9 nitrogen and oxygen atoms in total. The largest absolute Gasteiger partial charge is 0.364 e. The van der Waals surface area contributed by atoms with Crippen LogP contribution in [-0.4, -0.2) is 32.5 Å². The van der Waals surface area contributed by atoms with E-state index in [1.165, 1.54) is 6.20 Å². The quantitative estimate of drug-likeness (QED) is 0.508. The highest BCUT2D eigenvalue weighted by atomic mass is 16.6. The van der Waals surface area contributed by atoms with Gasteiger partial charge < -0.3 is 16.4 Å². The maximum Gasteiger partial charge on any atom is 0.329 e. The summed E-state index contributed by atoms with van der Waals surface area (Å²) in [6.07, 6.45) is 8.70. The first-order valence-corrected chi connectivity index (χ1v) is 8.75. The van der Waals surface area contributed by atoms with Crippen molar-refractivity contribution < 1.29 is 4.92 Å². The molecule has 0 radical (unpaired) electrons. The molecule has 1 aliphatic carbocycles. The van der Waals surface area contributed by atoms with E-state index in [1.54, 1.807) is 12.4 Å². The second-order valence-corrected chi connectivity index (χ2v) is 6.56. The van der Waals surface area contributed by atoms with E-state index in [-0.39, 0.29) is 17.5 Å². The first-order chi connectivity index (χ1) is 12.6. The van der Waals surface area contributed by atoms with Crippen molar-refractivity contribution in [2.24, 2.45) is 11.7 Å². The minimum atomic E-state index is -0.467. The summed E-state index contributed by atoms with van der Waals surface area (Å²) < 4.78 is 0. The molecule has 0 unspecified atom stereocenters. The lowest BCUT2D eigenvalue weighted by Gasteiger charge is -2.26. The molecular weight excluding hydrogens is 334 g/mol. The number of nitro groups is 1. The predicted octanol–water partition coefficient (Wildman–Crippen LogP) is 2.32. The molecule has 0 aromatic carbocycles. The van der Waals surface area contributed by atoms with Crippen molar-refractivity contribution >= 4 is 17.5 Å². The maximum absolute atomic E-state index is 11.2. The van der Waals surface area contributed by atoms with Gasteiger partial charge in [-0.3, -0.25) is 15.1 Å². The summed E-state index contributed by atoms with van der Waals surface area (Å²) in [7, 11) is 0. The molecule has 1 fully saturated rings. The van der Waals surface area contributed by atoms with Crippen molar-refractivity contribution in [2.75, 3.05) is 17.2 Å². The molecule has 2 heterocycles. The van der Waals surface area contributed by atoms with E-state index < -0.39 is 4.92 Å². The number of anilines is 2. The van der Waals surface area contributed by atoms with Gasteiger partial charge in [-0.2, -0.15) is 4.98 Å². The number of nitrogens with two attached hydrogens (primary N) is 1. The molecule has 0 atom stereocenters. The van der Waals surface area contributed by atoms with E-state index in [0.717, 1.165) is 31.2 Å². The van der Waals surface area contributed by atoms with Gasteiger partial charge in [-0.25, -0.2) is 4.98 Å². The fraction of sp³-hybridized carbons (Fsp3) is 0.471. The molecule has 4 N–H and O–H groups in total. The van der Waals surface area contributed by atoms with Crippen molar-refractivity contribution in [1.82, 2.24) is 15.0 Å². The standard InChI is InChI=1S/C17H23N7O2/c18-14-3-1-12(2-4-14)9-20-16-15(24(25)26)11-22-17(23-16)21-10-13-5-7-19-8-6-13/h5-8,11-12,14H,1-4,9-10,18H2,(H2,20,21,22,23). The zero-order valence-electron chi connectivity index (χ0n) is 14.5. The third-order valence-electron chi connectivity index (χ3n) is 4.62. The molecule has 0 saturated heterocycles. The third kappa shape index (κ3) is 4.85. The number of hydrogen-bond donors (Lipinski definition) is 3. The molecule has 1 saturated carbocycles. The second kappa shape index (κ2) is 8.52. The summed E-state index contributed by atoms with van der Waals surface area (Å²) in [6.45, 7) is 1.16. The number of pyridine rings is 1. The Morgan fingerprint density at radius 2 is 1.92 bits per heavy atom. The first-order valence-electron chi connectivity index (χ1n) is 8.75. The highest BCUT2D eigenvalue weighted by molar-refractivity contribution is 5.57. The van der Waals surface area contributed by atoms with Crippen LogP contribution in [0.2, 0.25) is 0 Å². The molecule has 0 aliphatic heterocycles. The summed E-state index contributed by atoms with van der Waals surface area (Å²) in [6, 6.07) is 4.04. The number of nitrogens with one attached hydrogen (secondary N) is 2. The van der Waals surface area contributed by atoms with E-state index in [2.05, 4.69) is 25.6 Å². The maximum atomic E-state index is 11.2. The molecule has 9 heteroatoms. The average molecular weight is 357 g/mol. The minimum absolute atomic E-state index is 0.119. The van der Waals surface area contributed by atoms with Gasteiger partial charge in [0.05, 0.1) is 4.92 Å². The fourth-order valence-electron chi connectivity index (χ4n) is 3.04. The molecule has 2 aromatic heterocycles. The van der Waals surface area contributed by atoms with E-state index in [0.29, 0.717) is 25.0 Å². The van der Waals surface area contributed by atoms with E-state index >= 15 is 0 Å². The highest BCUT2D eigenvalue weighted by Crippen LogP contribution is 2.26. The summed E-state index contributed by atoms with van der Waals surface area (Å²) in [4.78, 5) is 23.1. The highest BCUT2D eigenvalue weighted by Gasteiger charge is 2.21. The Morgan fingerprint density at radius 1 is 1.19 bits per heavy atom. The summed E-state index contributed by atoms with van der Waals surface area (Å²) >= 11 is 0. The lowest BCUT2D eigenvalue weighted by Crippen LogP contribution is -2.29.